The summed E-state index contributed by atoms with van der Waals surface area (Å²) in [5.41, 5.74) is 0. The van der Waals surface area contributed by atoms with Gasteiger partial charge in [0.15, 0.2) is 0 Å². The van der Waals surface area contributed by atoms with Crippen molar-refractivity contribution in [2.24, 2.45) is 41.4 Å². The molecule has 0 aromatic rings. The lowest BCUT2D eigenvalue weighted by Crippen LogP contribution is -2.34. The van der Waals surface area contributed by atoms with Crippen molar-refractivity contribution in [3.63, 3.8) is 0 Å². The molecule has 0 aromatic heterocycles. The van der Waals surface area contributed by atoms with E-state index in [1.807, 2.05) is 0 Å². The summed E-state index contributed by atoms with van der Waals surface area (Å²) in [6, 6.07) is 0. The lowest BCUT2D eigenvalue weighted by atomic mass is 9.61. The van der Waals surface area contributed by atoms with Gasteiger partial charge in [0.25, 0.3) is 0 Å². The molecule has 3 saturated carbocycles. The summed E-state index contributed by atoms with van der Waals surface area (Å²) >= 11 is 0. The molecule has 0 saturated heterocycles. The minimum absolute atomic E-state index is 0.382. The van der Waals surface area contributed by atoms with E-state index >= 15 is 0 Å². The molecular formula is C29H54O. The van der Waals surface area contributed by atoms with Crippen LogP contribution in [0, 0.1) is 41.4 Å². The van der Waals surface area contributed by atoms with Gasteiger partial charge < -0.3 is 5.11 Å². The smallest absolute Gasteiger partial charge is 0.0431 e. The lowest BCUT2D eigenvalue weighted by molar-refractivity contribution is 0.0641. The maximum absolute atomic E-state index is 9.01. The molecule has 0 radical (unpaired) electrons. The van der Waals surface area contributed by atoms with Crippen LogP contribution in [-0.2, 0) is 0 Å². The predicted molar refractivity (Wildman–Crippen MR) is 131 cm³/mol. The van der Waals surface area contributed by atoms with Gasteiger partial charge in [-0.25, -0.2) is 0 Å². The van der Waals surface area contributed by atoms with E-state index in [1.165, 1.54) is 64.2 Å². The zero-order valence-electron chi connectivity index (χ0n) is 20.6. The second kappa shape index (κ2) is 13.5. The van der Waals surface area contributed by atoms with Gasteiger partial charge in [-0.05, 0) is 99.2 Å². The van der Waals surface area contributed by atoms with Crippen molar-refractivity contribution in [1.82, 2.24) is 0 Å². The molecule has 0 aromatic carbocycles. The van der Waals surface area contributed by atoms with Crippen molar-refractivity contribution < 1.29 is 5.11 Å². The van der Waals surface area contributed by atoms with Crippen molar-refractivity contribution in [2.45, 2.75) is 136 Å². The van der Waals surface area contributed by atoms with E-state index in [9.17, 15) is 0 Å². The van der Waals surface area contributed by atoms with E-state index in [0.717, 1.165) is 47.8 Å². The van der Waals surface area contributed by atoms with Gasteiger partial charge in [0.2, 0.25) is 0 Å². The molecule has 3 unspecified atom stereocenters. The quantitative estimate of drug-likeness (QED) is 0.332. The van der Waals surface area contributed by atoms with Gasteiger partial charge in [0.05, 0.1) is 0 Å². The summed E-state index contributed by atoms with van der Waals surface area (Å²) in [5, 5.41) is 9.01. The first-order chi connectivity index (χ1) is 14.7. The molecule has 3 aliphatic rings. The summed E-state index contributed by atoms with van der Waals surface area (Å²) in [6.45, 7) is 5.20. The van der Waals surface area contributed by atoms with Crippen LogP contribution < -0.4 is 0 Å². The molecule has 1 heteroatoms. The van der Waals surface area contributed by atoms with Crippen LogP contribution >= 0.6 is 0 Å². The molecule has 1 N–H and O–H groups in total. The fourth-order valence-corrected chi connectivity index (χ4v) is 7.94. The van der Waals surface area contributed by atoms with Crippen LogP contribution in [0.3, 0.4) is 0 Å². The van der Waals surface area contributed by atoms with Gasteiger partial charge in [0.1, 0.15) is 0 Å². The lowest BCUT2D eigenvalue weighted by Gasteiger charge is -2.44. The SMILES string of the molecule is CCCCC1CCC(C2CCC(C3CCC(CCCCCO)CC3CC)CC2)CC1. The van der Waals surface area contributed by atoms with Crippen molar-refractivity contribution in [3.8, 4) is 0 Å². The maximum Gasteiger partial charge on any atom is 0.0431 e. The number of rotatable bonds is 11. The standard InChI is InChI=1S/C29H54O/c1-3-5-9-23-11-14-26(15-12-23)27-16-18-28(19-17-27)29-20-13-24(22-25(29)4-2)10-7-6-8-21-30/h23-30H,3-22H2,1-2H3. The van der Waals surface area contributed by atoms with Crippen LogP contribution in [-0.4, -0.2) is 11.7 Å². The average Bonchev–Trinajstić information content (AvgIpc) is 2.81. The van der Waals surface area contributed by atoms with E-state index in [2.05, 4.69) is 13.8 Å². The average molecular weight is 419 g/mol. The van der Waals surface area contributed by atoms with Gasteiger partial charge in [-0.1, -0.05) is 78.1 Å². The summed E-state index contributed by atoms with van der Waals surface area (Å²) in [4.78, 5) is 0. The molecule has 0 amide bonds. The normalized spacial score (nSPS) is 37.9. The van der Waals surface area contributed by atoms with E-state index in [1.54, 1.807) is 51.4 Å². The third-order valence-corrected chi connectivity index (χ3v) is 9.89. The minimum Gasteiger partial charge on any atom is -0.396 e. The van der Waals surface area contributed by atoms with Gasteiger partial charge >= 0.3 is 0 Å². The van der Waals surface area contributed by atoms with Crippen molar-refractivity contribution >= 4 is 0 Å². The van der Waals surface area contributed by atoms with Crippen LogP contribution in [0.25, 0.3) is 0 Å². The van der Waals surface area contributed by atoms with Crippen molar-refractivity contribution in [2.75, 3.05) is 6.61 Å². The fourth-order valence-electron chi connectivity index (χ4n) is 7.94. The van der Waals surface area contributed by atoms with Crippen LogP contribution in [0.5, 0.6) is 0 Å². The molecule has 3 fully saturated rings. The van der Waals surface area contributed by atoms with Crippen LogP contribution in [0.15, 0.2) is 0 Å². The number of aliphatic hydroxyl groups excluding tert-OH is 1. The molecule has 0 spiro atoms. The molecule has 3 rings (SSSR count). The molecule has 30 heavy (non-hydrogen) atoms. The largest absolute Gasteiger partial charge is 0.396 e. The van der Waals surface area contributed by atoms with Gasteiger partial charge in [-0.3, -0.25) is 0 Å². The topological polar surface area (TPSA) is 20.2 Å². The van der Waals surface area contributed by atoms with E-state index in [-0.39, 0.29) is 0 Å². The Kier molecular flexibility index (Phi) is 11.1. The monoisotopic (exact) mass is 418 g/mol. The minimum atomic E-state index is 0.382. The highest BCUT2D eigenvalue weighted by Crippen LogP contribution is 2.49. The van der Waals surface area contributed by atoms with Crippen LogP contribution in [0.1, 0.15) is 136 Å². The van der Waals surface area contributed by atoms with Gasteiger partial charge in [-0.2, -0.15) is 0 Å². The second-order valence-electron chi connectivity index (χ2n) is 11.7. The first-order valence-corrected chi connectivity index (χ1v) is 14.4. The Bertz CT molecular complexity index is 430. The van der Waals surface area contributed by atoms with Crippen molar-refractivity contribution in [3.05, 3.63) is 0 Å². The first-order valence-electron chi connectivity index (χ1n) is 14.4. The molecule has 176 valence electrons. The summed E-state index contributed by atoms with van der Waals surface area (Å²) < 4.78 is 0. The highest BCUT2D eigenvalue weighted by Gasteiger charge is 2.37. The van der Waals surface area contributed by atoms with Gasteiger partial charge in [0, 0.05) is 6.61 Å². The number of unbranched alkanes of at least 4 members (excludes halogenated alkanes) is 3. The fraction of sp³-hybridized carbons (Fsp3) is 1.00. The summed E-state index contributed by atoms with van der Waals surface area (Å²) in [5.74, 6) is 7.34. The number of hydrogen-bond acceptors (Lipinski definition) is 1. The second-order valence-corrected chi connectivity index (χ2v) is 11.7. The summed E-state index contributed by atoms with van der Waals surface area (Å²) in [7, 11) is 0. The Hall–Kier alpha value is -0.0400. The third-order valence-electron chi connectivity index (χ3n) is 9.89. The molecule has 0 aliphatic heterocycles. The van der Waals surface area contributed by atoms with E-state index in [0.29, 0.717) is 6.61 Å². The maximum atomic E-state index is 9.01. The Morgan fingerprint density at radius 2 is 1.20 bits per heavy atom. The molecular weight excluding hydrogens is 364 g/mol. The summed E-state index contributed by atoms with van der Waals surface area (Å²) in [6.07, 6.45) is 27.8. The Balaban J connectivity index is 1.37. The highest BCUT2D eigenvalue weighted by molar-refractivity contribution is 4.88. The number of hydrogen-bond donors (Lipinski definition) is 1. The van der Waals surface area contributed by atoms with Crippen LogP contribution in [0.2, 0.25) is 0 Å². The molecule has 0 heterocycles. The highest BCUT2D eigenvalue weighted by atomic mass is 16.2. The Morgan fingerprint density at radius 1 is 0.600 bits per heavy atom. The van der Waals surface area contributed by atoms with Crippen LogP contribution in [0.4, 0.5) is 0 Å². The predicted octanol–water partition coefficient (Wildman–Crippen LogP) is 8.78. The molecule has 0 bridgehead atoms. The zero-order chi connectivity index (χ0) is 21.2. The Labute approximate surface area is 189 Å². The first kappa shape index (κ1) is 24.6. The molecule has 3 aliphatic carbocycles. The van der Waals surface area contributed by atoms with Gasteiger partial charge in [-0.15, -0.1) is 0 Å². The van der Waals surface area contributed by atoms with Crippen molar-refractivity contribution in [1.29, 1.82) is 0 Å². The molecule has 1 nitrogen and oxygen atoms in total. The zero-order valence-corrected chi connectivity index (χ0v) is 20.6. The number of aliphatic hydroxyl groups is 1. The Morgan fingerprint density at radius 3 is 1.83 bits per heavy atom. The molecule has 3 atom stereocenters. The third kappa shape index (κ3) is 7.25. The van der Waals surface area contributed by atoms with E-state index < -0.39 is 0 Å². The van der Waals surface area contributed by atoms with E-state index in [4.69, 9.17) is 5.11 Å².